The van der Waals surface area contributed by atoms with Crippen LogP contribution in [-0.4, -0.2) is 14.4 Å². The molecular weight excluding hydrogens is 344 g/mol. The zero-order chi connectivity index (χ0) is 19.0. The maximum absolute atomic E-state index is 12.0. The molecule has 0 bridgehead atoms. The van der Waals surface area contributed by atoms with Crippen LogP contribution in [0, 0.1) is 5.92 Å². The third kappa shape index (κ3) is 4.28. The summed E-state index contributed by atoms with van der Waals surface area (Å²) in [4.78, 5) is 12.0. The molecule has 0 spiro atoms. The van der Waals surface area contributed by atoms with Gasteiger partial charge in [-0.3, -0.25) is 0 Å². The number of unbranched alkanes of at least 4 members (excludes halogenated alkanes) is 1. The first kappa shape index (κ1) is 19.3. The summed E-state index contributed by atoms with van der Waals surface area (Å²) < 4.78 is 0. The van der Waals surface area contributed by atoms with E-state index in [1.807, 2.05) is 0 Å². The first-order valence-electron chi connectivity index (χ1n) is 9.93. The molecular formula is C25H28OSi. The van der Waals surface area contributed by atoms with Gasteiger partial charge in [0.15, 0.2) is 0 Å². The summed E-state index contributed by atoms with van der Waals surface area (Å²) in [5.41, 5.74) is 0. The molecule has 0 aromatic heterocycles. The molecule has 0 radical (unpaired) electrons. The molecule has 1 nitrogen and oxygen atoms in total. The molecule has 3 aromatic carbocycles. The second kappa shape index (κ2) is 9.47. The van der Waals surface area contributed by atoms with Crippen LogP contribution in [0.3, 0.4) is 0 Å². The molecule has 3 aromatic rings. The van der Waals surface area contributed by atoms with Crippen LogP contribution in [0.4, 0.5) is 0 Å². The topological polar surface area (TPSA) is 17.1 Å². The van der Waals surface area contributed by atoms with Crippen molar-refractivity contribution in [3.63, 3.8) is 0 Å². The van der Waals surface area contributed by atoms with Crippen LogP contribution in [0.5, 0.6) is 0 Å². The van der Waals surface area contributed by atoms with Gasteiger partial charge in [0.05, 0.1) is 0 Å². The summed E-state index contributed by atoms with van der Waals surface area (Å²) in [6.45, 7) is 2.19. The fourth-order valence-electron chi connectivity index (χ4n) is 4.10. The van der Waals surface area contributed by atoms with Gasteiger partial charge in [-0.15, -0.1) is 0 Å². The Morgan fingerprint density at radius 3 is 1.48 bits per heavy atom. The third-order valence-corrected chi connectivity index (χ3v) is 10.6. The Morgan fingerprint density at radius 1 is 0.741 bits per heavy atom. The van der Waals surface area contributed by atoms with Gasteiger partial charge in [0, 0.05) is 5.92 Å². The van der Waals surface area contributed by atoms with Gasteiger partial charge in [0.2, 0.25) is 0 Å². The second-order valence-corrected chi connectivity index (χ2v) is 11.2. The number of carbonyl (C=O) groups is 1. The van der Waals surface area contributed by atoms with E-state index in [-0.39, 0.29) is 5.92 Å². The van der Waals surface area contributed by atoms with Crippen molar-refractivity contribution in [2.45, 2.75) is 32.2 Å². The van der Waals surface area contributed by atoms with Gasteiger partial charge in [0.1, 0.15) is 14.4 Å². The Kier molecular flexibility index (Phi) is 6.78. The minimum absolute atomic E-state index is 0.0947. The lowest BCUT2D eigenvalue weighted by Gasteiger charge is -2.35. The quantitative estimate of drug-likeness (QED) is 0.313. The van der Waals surface area contributed by atoms with E-state index < -0.39 is 8.07 Å². The van der Waals surface area contributed by atoms with Crippen molar-refractivity contribution < 1.29 is 4.79 Å². The monoisotopic (exact) mass is 372 g/mol. The van der Waals surface area contributed by atoms with Crippen LogP contribution in [0.25, 0.3) is 0 Å². The zero-order valence-corrected chi connectivity index (χ0v) is 17.1. The van der Waals surface area contributed by atoms with Crippen LogP contribution in [0.1, 0.15) is 26.2 Å². The highest BCUT2D eigenvalue weighted by molar-refractivity contribution is 7.11. The summed E-state index contributed by atoms with van der Waals surface area (Å²) in [6.07, 6.45) is 4.40. The van der Waals surface area contributed by atoms with Crippen LogP contribution in [0.15, 0.2) is 91.0 Å². The molecule has 0 N–H and O–H groups in total. The van der Waals surface area contributed by atoms with E-state index in [2.05, 4.69) is 97.9 Å². The Hall–Kier alpha value is -2.45. The highest BCUT2D eigenvalue weighted by Gasteiger charge is 2.40. The molecule has 2 heteroatoms. The van der Waals surface area contributed by atoms with E-state index in [1.54, 1.807) is 0 Å². The summed E-state index contributed by atoms with van der Waals surface area (Å²) in [6, 6.07) is 33.5. The van der Waals surface area contributed by atoms with Gasteiger partial charge in [-0.2, -0.15) is 0 Å². The van der Waals surface area contributed by atoms with Gasteiger partial charge in [0.25, 0.3) is 0 Å². The van der Waals surface area contributed by atoms with Crippen molar-refractivity contribution in [2.24, 2.45) is 5.92 Å². The Bertz CT molecular complexity index is 718. The van der Waals surface area contributed by atoms with Crippen LogP contribution in [0.2, 0.25) is 6.04 Å². The fraction of sp³-hybridized carbons (Fsp3) is 0.240. The van der Waals surface area contributed by atoms with E-state index in [4.69, 9.17) is 0 Å². The van der Waals surface area contributed by atoms with E-state index in [9.17, 15) is 4.79 Å². The first-order chi connectivity index (χ1) is 13.3. The van der Waals surface area contributed by atoms with Crippen LogP contribution >= 0.6 is 0 Å². The minimum Gasteiger partial charge on any atom is -0.303 e. The lowest BCUT2D eigenvalue weighted by molar-refractivity contribution is -0.110. The van der Waals surface area contributed by atoms with Crippen molar-refractivity contribution in [1.29, 1.82) is 0 Å². The lowest BCUT2D eigenvalue weighted by atomic mass is 10.1. The molecule has 138 valence electrons. The maximum Gasteiger partial charge on any atom is 0.149 e. The zero-order valence-electron chi connectivity index (χ0n) is 16.1. The molecule has 0 aliphatic carbocycles. The molecule has 0 fully saturated rings. The highest BCUT2D eigenvalue weighted by atomic mass is 28.3. The molecule has 0 heterocycles. The molecule has 0 saturated heterocycles. The van der Waals surface area contributed by atoms with Gasteiger partial charge < -0.3 is 4.79 Å². The smallest absolute Gasteiger partial charge is 0.149 e. The predicted molar refractivity (Wildman–Crippen MR) is 118 cm³/mol. The summed E-state index contributed by atoms with van der Waals surface area (Å²) in [7, 11) is -2.29. The molecule has 1 atom stereocenters. The van der Waals surface area contributed by atoms with Crippen molar-refractivity contribution in [2.75, 3.05) is 0 Å². The number of hydrogen-bond donors (Lipinski definition) is 0. The third-order valence-electron chi connectivity index (χ3n) is 5.49. The molecule has 27 heavy (non-hydrogen) atoms. The minimum atomic E-state index is -2.29. The van der Waals surface area contributed by atoms with Gasteiger partial charge in [-0.05, 0) is 28.0 Å². The van der Waals surface area contributed by atoms with Crippen molar-refractivity contribution in [1.82, 2.24) is 0 Å². The average molecular weight is 373 g/mol. The van der Waals surface area contributed by atoms with Gasteiger partial charge in [-0.1, -0.05) is 111 Å². The summed E-state index contributed by atoms with van der Waals surface area (Å²) in [5.74, 6) is 0.0947. The molecule has 3 rings (SSSR count). The number of hydrogen-bond acceptors (Lipinski definition) is 1. The van der Waals surface area contributed by atoms with Gasteiger partial charge >= 0.3 is 0 Å². The fourth-order valence-corrected chi connectivity index (χ4v) is 9.18. The Labute approximate surface area is 164 Å². The molecule has 0 saturated carbocycles. The number of rotatable bonds is 9. The van der Waals surface area contributed by atoms with Crippen molar-refractivity contribution in [3.8, 4) is 0 Å². The Balaban J connectivity index is 2.21. The van der Waals surface area contributed by atoms with Gasteiger partial charge in [-0.25, -0.2) is 0 Å². The number of carbonyl (C=O) groups excluding carboxylic acids is 1. The standard InChI is InChI=1S/C25H28OSi/c1-2-3-13-22(20-26)21-27(23-14-7-4-8-15-23,24-16-9-5-10-17-24)25-18-11-6-12-19-25/h4-12,14-20,22H,2-3,13,21H2,1H3. The van der Waals surface area contributed by atoms with Crippen LogP contribution < -0.4 is 15.6 Å². The van der Waals surface area contributed by atoms with Crippen molar-refractivity contribution >= 4 is 29.9 Å². The summed E-state index contributed by atoms with van der Waals surface area (Å²) in [5, 5.41) is 4.14. The largest absolute Gasteiger partial charge is 0.303 e. The van der Waals surface area contributed by atoms with E-state index in [0.29, 0.717) is 0 Å². The number of benzene rings is 3. The van der Waals surface area contributed by atoms with Crippen molar-refractivity contribution in [3.05, 3.63) is 91.0 Å². The molecule has 0 amide bonds. The maximum atomic E-state index is 12.0. The Morgan fingerprint density at radius 2 is 1.15 bits per heavy atom. The van der Waals surface area contributed by atoms with E-state index >= 15 is 0 Å². The van der Waals surface area contributed by atoms with E-state index in [0.717, 1.165) is 25.3 Å². The predicted octanol–water partition coefficient (Wildman–Crippen LogP) is 4.16. The van der Waals surface area contributed by atoms with E-state index in [1.165, 1.54) is 21.8 Å². The SMILES string of the molecule is CCCCC(C=O)C[Si](c1ccccc1)(c1ccccc1)c1ccccc1. The highest BCUT2D eigenvalue weighted by Crippen LogP contribution is 2.21. The average Bonchev–Trinajstić information content (AvgIpc) is 2.76. The van der Waals surface area contributed by atoms with Crippen LogP contribution in [-0.2, 0) is 4.79 Å². The molecule has 1 unspecified atom stereocenters. The number of aldehydes is 1. The summed E-state index contributed by atoms with van der Waals surface area (Å²) >= 11 is 0. The molecule has 0 aliphatic heterocycles. The second-order valence-electron chi connectivity index (χ2n) is 7.25. The first-order valence-corrected chi connectivity index (χ1v) is 12.1. The lowest BCUT2D eigenvalue weighted by Crippen LogP contribution is -2.67. The molecule has 0 aliphatic rings. The normalized spacial score (nSPS) is 12.5.